The topological polar surface area (TPSA) is 78.3 Å². The summed E-state index contributed by atoms with van der Waals surface area (Å²) in [7, 11) is 1.10. The van der Waals surface area contributed by atoms with Crippen molar-refractivity contribution in [2.75, 3.05) is 7.11 Å². The fraction of sp³-hybridized carbons (Fsp3) is 0.143. The molecule has 20 heavy (non-hydrogen) atoms. The molecule has 0 aliphatic heterocycles. The molecule has 1 aromatic heterocycles. The molecule has 0 bridgehead atoms. The van der Waals surface area contributed by atoms with Crippen LogP contribution < -0.4 is 0 Å². The van der Waals surface area contributed by atoms with Crippen LogP contribution in [0.1, 0.15) is 16.8 Å². The smallest absolute Gasteiger partial charge is 0.374 e. The average molecular weight is 272 g/mol. The Balaban J connectivity index is 2.08. The fourth-order valence-corrected chi connectivity index (χ4v) is 1.67. The van der Waals surface area contributed by atoms with Gasteiger partial charge in [-0.15, -0.1) is 0 Å². The van der Waals surface area contributed by atoms with Gasteiger partial charge in [0, 0.05) is 23.6 Å². The van der Waals surface area contributed by atoms with Crippen LogP contribution in [0.25, 0.3) is 5.69 Å². The van der Waals surface area contributed by atoms with Gasteiger partial charge in [0.2, 0.25) is 5.78 Å². The van der Waals surface area contributed by atoms with Crippen LogP contribution in [0.3, 0.4) is 0 Å². The van der Waals surface area contributed by atoms with Crippen molar-refractivity contribution in [1.29, 1.82) is 0 Å². The highest BCUT2D eigenvalue weighted by Crippen LogP contribution is 2.11. The van der Waals surface area contributed by atoms with Crippen molar-refractivity contribution >= 4 is 17.5 Å². The molecular weight excluding hydrogens is 260 g/mol. The fourth-order valence-electron chi connectivity index (χ4n) is 1.67. The Morgan fingerprint density at radius 2 is 1.90 bits per heavy atom. The predicted molar refractivity (Wildman–Crippen MR) is 69.5 cm³/mol. The highest BCUT2D eigenvalue weighted by molar-refractivity contribution is 6.38. The van der Waals surface area contributed by atoms with Crippen LogP contribution in [0.5, 0.6) is 0 Å². The number of benzene rings is 1. The van der Waals surface area contributed by atoms with Gasteiger partial charge in [0.1, 0.15) is 0 Å². The molecule has 0 aliphatic carbocycles. The number of ether oxygens (including phenoxy) is 1. The number of hydrogen-bond donors (Lipinski definition) is 0. The van der Waals surface area contributed by atoms with Gasteiger partial charge in [0.05, 0.1) is 19.9 Å². The average Bonchev–Trinajstić information content (AvgIpc) is 3.00. The van der Waals surface area contributed by atoms with Gasteiger partial charge >= 0.3 is 5.97 Å². The lowest BCUT2D eigenvalue weighted by atomic mass is 10.1. The van der Waals surface area contributed by atoms with E-state index in [2.05, 4.69) is 9.72 Å². The van der Waals surface area contributed by atoms with Gasteiger partial charge in [-0.25, -0.2) is 9.78 Å². The molecule has 1 aromatic carbocycles. The predicted octanol–water partition coefficient (Wildman–Crippen LogP) is 1.19. The van der Waals surface area contributed by atoms with Crippen molar-refractivity contribution in [3.63, 3.8) is 0 Å². The zero-order chi connectivity index (χ0) is 14.5. The lowest BCUT2D eigenvalue weighted by Crippen LogP contribution is -2.19. The molecule has 0 amide bonds. The van der Waals surface area contributed by atoms with Crippen molar-refractivity contribution in [2.24, 2.45) is 0 Å². The molecule has 0 fully saturated rings. The largest absolute Gasteiger partial charge is 0.463 e. The normalized spacial score (nSPS) is 10.1. The van der Waals surface area contributed by atoms with E-state index in [9.17, 15) is 14.4 Å². The molecule has 0 saturated heterocycles. The third kappa shape index (κ3) is 2.97. The van der Waals surface area contributed by atoms with E-state index in [-0.39, 0.29) is 0 Å². The van der Waals surface area contributed by atoms with E-state index in [0.29, 0.717) is 5.56 Å². The molecule has 0 aliphatic rings. The molecule has 1 heterocycles. The van der Waals surface area contributed by atoms with Gasteiger partial charge in [-0.05, 0) is 24.3 Å². The lowest BCUT2D eigenvalue weighted by Gasteiger charge is -2.04. The van der Waals surface area contributed by atoms with Crippen LogP contribution in [0.2, 0.25) is 0 Å². The molecule has 0 saturated carbocycles. The molecular formula is C14H12N2O4. The molecule has 0 N–H and O–H groups in total. The maximum absolute atomic E-state index is 11.8. The number of rotatable bonds is 5. The molecule has 102 valence electrons. The number of aromatic nitrogens is 2. The first-order chi connectivity index (χ1) is 9.61. The minimum atomic E-state index is -1.01. The van der Waals surface area contributed by atoms with Crippen LogP contribution in [-0.4, -0.2) is 34.2 Å². The van der Waals surface area contributed by atoms with Crippen LogP contribution in [-0.2, 0) is 14.3 Å². The van der Waals surface area contributed by atoms with Crippen LogP contribution in [0, 0.1) is 0 Å². The zero-order valence-corrected chi connectivity index (χ0v) is 10.8. The SMILES string of the molecule is COC(=O)C(=O)CC(=O)c1ccc(-n2ccnc2)cc1. The summed E-state index contributed by atoms with van der Waals surface area (Å²) in [5.74, 6) is -2.28. The Morgan fingerprint density at radius 3 is 2.45 bits per heavy atom. The van der Waals surface area contributed by atoms with Crippen molar-refractivity contribution in [2.45, 2.75) is 6.42 Å². The van der Waals surface area contributed by atoms with E-state index in [1.165, 1.54) is 0 Å². The van der Waals surface area contributed by atoms with Crippen molar-refractivity contribution in [3.8, 4) is 5.69 Å². The molecule has 0 unspecified atom stereocenters. The molecule has 0 spiro atoms. The highest BCUT2D eigenvalue weighted by Gasteiger charge is 2.19. The Hall–Kier alpha value is -2.76. The molecule has 0 atom stereocenters. The minimum Gasteiger partial charge on any atom is -0.463 e. The molecule has 6 heteroatoms. The summed E-state index contributed by atoms with van der Waals surface area (Å²) >= 11 is 0. The summed E-state index contributed by atoms with van der Waals surface area (Å²) in [6, 6.07) is 6.67. The minimum absolute atomic E-state index is 0.367. The monoisotopic (exact) mass is 272 g/mol. The van der Waals surface area contributed by atoms with Crippen molar-refractivity contribution in [1.82, 2.24) is 9.55 Å². The van der Waals surface area contributed by atoms with E-state index in [1.807, 2.05) is 0 Å². The second kappa shape index (κ2) is 5.92. The van der Waals surface area contributed by atoms with E-state index >= 15 is 0 Å². The number of Topliss-reactive ketones (excluding diaryl/α,β-unsaturated/α-hetero) is 2. The van der Waals surface area contributed by atoms with Crippen molar-refractivity contribution in [3.05, 3.63) is 48.5 Å². The second-order valence-electron chi connectivity index (χ2n) is 4.03. The summed E-state index contributed by atoms with van der Waals surface area (Å²) in [6.07, 6.45) is 4.57. The summed E-state index contributed by atoms with van der Waals surface area (Å²) in [5, 5.41) is 0. The number of imidazole rings is 1. The van der Waals surface area contributed by atoms with Gasteiger partial charge < -0.3 is 9.30 Å². The highest BCUT2D eigenvalue weighted by atomic mass is 16.5. The van der Waals surface area contributed by atoms with Gasteiger partial charge in [-0.1, -0.05) is 0 Å². The molecule has 0 radical (unpaired) electrons. The number of hydrogen-bond acceptors (Lipinski definition) is 5. The van der Waals surface area contributed by atoms with E-state index in [4.69, 9.17) is 0 Å². The van der Waals surface area contributed by atoms with Gasteiger partial charge in [0.15, 0.2) is 5.78 Å². The molecule has 2 aromatic rings. The van der Waals surface area contributed by atoms with Crippen LogP contribution in [0.4, 0.5) is 0 Å². The summed E-state index contributed by atoms with van der Waals surface area (Å²) in [4.78, 5) is 38.0. The lowest BCUT2D eigenvalue weighted by molar-refractivity contribution is -0.151. The van der Waals surface area contributed by atoms with E-state index in [0.717, 1.165) is 12.8 Å². The molecule has 2 rings (SSSR count). The first-order valence-corrected chi connectivity index (χ1v) is 5.84. The van der Waals surface area contributed by atoms with Gasteiger partial charge in [-0.2, -0.15) is 0 Å². The Labute approximate surface area is 115 Å². The summed E-state index contributed by atoms with van der Waals surface area (Å²) < 4.78 is 6.05. The number of ketones is 2. The van der Waals surface area contributed by atoms with Gasteiger partial charge in [0.25, 0.3) is 0 Å². The number of carbonyl (C=O) groups is 3. The third-order valence-electron chi connectivity index (χ3n) is 2.73. The second-order valence-corrected chi connectivity index (χ2v) is 4.03. The Bertz CT molecular complexity index is 630. The first-order valence-electron chi connectivity index (χ1n) is 5.84. The zero-order valence-electron chi connectivity index (χ0n) is 10.8. The van der Waals surface area contributed by atoms with E-state index in [1.54, 1.807) is 47.6 Å². The number of nitrogens with zero attached hydrogens (tertiary/aromatic N) is 2. The quantitative estimate of drug-likeness (QED) is 0.353. The third-order valence-corrected chi connectivity index (χ3v) is 2.73. The first kappa shape index (κ1) is 13.7. The number of methoxy groups -OCH3 is 1. The van der Waals surface area contributed by atoms with Crippen molar-refractivity contribution < 1.29 is 19.1 Å². The Morgan fingerprint density at radius 1 is 1.20 bits per heavy atom. The summed E-state index contributed by atoms with van der Waals surface area (Å²) in [6.45, 7) is 0. The number of esters is 1. The number of carbonyl (C=O) groups excluding carboxylic acids is 3. The van der Waals surface area contributed by atoms with Crippen LogP contribution in [0.15, 0.2) is 43.0 Å². The van der Waals surface area contributed by atoms with Crippen LogP contribution >= 0.6 is 0 Å². The maximum Gasteiger partial charge on any atom is 0.374 e. The standard InChI is InChI=1S/C14H12N2O4/c1-20-14(19)13(18)8-12(17)10-2-4-11(5-3-10)16-7-6-15-9-16/h2-7,9H,8H2,1H3. The summed E-state index contributed by atoms with van der Waals surface area (Å²) in [5.41, 5.74) is 1.21. The Kier molecular flexibility index (Phi) is 4.05. The van der Waals surface area contributed by atoms with Gasteiger partial charge in [-0.3, -0.25) is 9.59 Å². The maximum atomic E-state index is 11.8. The molecule has 6 nitrogen and oxygen atoms in total. The van der Waals surface area contributed by atoms with E-state index < -0.39 is 24.0 Å².